The number of aliphatic carboxylic acids is 1. The molecule has 13 heteroatoms. The summed E-state index contributed by atoms with van der Waals surface area (Å²) in [4.78, 5) is 78.7. The lowest BCUT2D eigenvalue weighted by Crippen LogP contribution is -2.62. The Morgan fingerprint density at radius 1 is 1.04 bits per heavy atom. The van der Waals surface area contributed by atoms with Gasteiger partial charge in [-0.3, -0.25) is 24.0 Å². The fourth-order valence-corrected chi connectivity index (χ4v) is 10.1. The van der Waals surface area contributed by atoms with Crippen molar-refractivity contribution in [3.63, 3.8) is 0 Å². The van der Waals surface area contributed by atoms with E-state index >= 15 is 0 Å². The summed E-state index contributed by atoms with van der Waals surface area (Å²) in [7, 11) is 0. The Hall–Kier alpha value is -4.36. The van der Waals surface area contributed by atoms with Crippen molar-refractivity contribution in [2.75, 3.05) is 6.61 Å². The molecule has 4 aliphatic carbocycles. The molecule has 3 saturated carbocycles. The van der Waals surface area contributed by atoms with E-state index in [4.69, 9.17) is 4.74 Å². The van der Waals surface area contributed by atoms with Crippen LogP contribution in [0.4, 0.5) is 0 Å². The molecular weight excluding hydrogens is 670 g/mol. The number of benzene rings is 1. The number of carbonyl (C=O) groups excluding carboxylic acids is 5. The molecule has 3 fully saturated rings. The van der Waals surface area contributed by atoms with E-state index in [1.807, 2.05) is 31.2 Å². The topological polar surface area (TPSA) is 212 Å². The van der Waals surface area contributed by atoms with Crippen LogP contribution >= 0.6 is 0 Å². The van der Waals surface area contributed by atoms with Crippen LogP contribution < -0.4 is 10.6 Å². The van der Waals surface area contributed by atoms with Crippen LogP contribution in [-0.2, 0) is 39.9 Å². The number of esters is 1. The number of carboxylic acids is 1. The second kappa shape index (κ2) is 14.2. The fourth-order valence-electron chi connectivity index (χ4n) is 10.1. The average molecular weight is 720 g/mol. The first kappa shape index (κ1) is 37.4. The first-order chi connectivity index (χ1) is 24.6. The van der Waals surface area contributed by atoms with Crippen LogP contribution in [0, 0.1) is 28.6 Å². The molecule has 0 radical (unpaired) electrons. The van der Waals surface area contributed by atoms with Crippen molar-refractivity contribution in [1.29, 1.82) is 0 Å². The minimum absolute atomic E-state index is 0.0218. The zero-order valence-corrected chi connectivity index (χ0v) is 29.9. The second-order valence-corrected chi connectivity index (χ2v) is 15.8. The number of ketones is 2. The zero-order valence-electron chi connectivity index (χ0n) is 29.9. The lowest BCUT2D eigenvalue weighted by Gasteiger charge is -2.60. The number of aromatic nitrogens is 1. The van der Waals surface area contributed by atoms with Gasteiger partial charge < -0.3 is 35.7 Å². The molecule has 0 bridgehead atoms. The molecule has 0 aliphatic heterocycles. The maximum atomic E-state index is 13.6. The highest BCUT2D eigenvalue weighted by Crippen LogP contribution is 2.67. The number of carbonyl (C=O) groups is 6. The van der Waals surface area contributed by atoms with Crippen LogP contribution in [0.3, 0.4) is 0 Å². The number of H-pyrrole nitrogens is 1. The number of carboxylic acid groups (broad SMARTS) is 1. The molecule has 2 aromatic rings. The van der Waals surface area contributed by atoms with Crippen molar-refractivity contribution in [2.45, 2.75) is 109 Å². The molecule has 0 saturated heterocycles. The van der Waals surface area contributed by atoms with Gasteiger partial charge in [-0.15, -0.1) is 0 Å². The standard InChI is InChI=1S/C39H49N3O10/c1-21(35(48)42-29(36(49)50)16-22-19-40-28-7-5-4-6-25(22)28)41-32(46)10-11-33(47)52-20-31(45)39(51)15-13-27-26-9-8-23-17-24(43)12-14-37(23,2)34(26)30(44)18-38(27,39)3/h4-7,17,19,21,26-27,29-30,34,40,44,51H,8-16,18,20H2,1-3H3,(H,41,46)(H,42,48)(H,49,50)/t21-,26-,27+,29+,30+,34-,37-,38-,39-/m0/s1. The Bertz CT molecular complexity index is 1820. The van der Waals surface area contributed by atoms with Crippen LogP contribution in [0.5, 0.6) is 0 Å². The largest absolute Gasteiger partial charge is 0.480 e. The number of para-hydroxylation sites is 1. The molecule has 2 amide bonds. The minimum Gasteiger partial charge on any atom is -0.480 e. The number of aliphatic hydroxyl groups is 2. The summed E-state index contributed by atoms with van der Waals surface area (Å²) in [5.41, 5.74) is -0.382. The van der Waals surface area contributed by atoms with Crippen LogP contribution in [0.15, 0.2) is 42.1 Å². The van der Waals surface area contributed by atoms with Crippen molar-refractivity contribution in [1.82, 2.24) is 15.6 Å². The number of nitrogens with one attached hydrogen (secondary N) is 3. The SMILES string of the molecule is C[C@H](NC(=O)CCC(=O)OCC(=O)[C@@]1(O)CC[C@@H]2[C@@H]3CCC4=CC(=O)CC[C@]4(C)[C@@H]3[C@H](O)C[C@@]21C)C(=O)N[C@H](Cc1c[nH]c2ccccc12)C(=O)O. The normalized spacial score (nSPS) is 32.0. The number of Topliss-reactive ketones (excluding diaryl/α,β-unsaturated/α-hetero) is 1. The van der Waals surface area contributed by atoms with E-state index in [1.54, 1.807) is 12.3 Å². The molecule has 9 atom stereocenters. The average Bonchev–Trinajstić information content (AvgIpc) is 3.63. The third kappa shape index (κ3) is 6.68. The van der Waals surface area contributed by atoms with Crippen LogP contribution in [0.25, 0.3) is 10.9 Å². The number of ether oxygens (including phenoxy) is 1. The molecule has 1 aromatic heterocycles. The molecule has 13 nitrogen and oxygen atoms in total. The van der Waals surface area contributed by atoms with Gasteiger partial charge in [0.1, 0.15) is 17.7 Å². The van der Waals surface area contributed by atoms with Gasteiger partial charge in [0.05, 0.1) is 12.5 Å². The van der Waals surface area contributed by atoms with Crippen LogP contribution in [0.2, 0.25) is 0 Å². The number of rotatable bonds is 12. The molecule has 6 rings (SSSR count). The summed E-state index contributed by atoms with van der Waals surface area (Å²) in [6.07, 6.45) is 5.61. The second-order valence-electron chi connectivity index (χ2n) is 15.8. The number of fused-ring (bicyclic) bond motifs is 6. The molecule has 0 unspecified atom stereocenters. The predicted octanol–water partition coefficient (Wildman–Crippen LogP) is 2.91. The molecule has 6 N–H and O–H groups in total. The van der Waals surface area contributed by atoms with Crippen molar-refractivity contribution in [3.8, 4) is 0 Å². The monoisotopic (exact) mass is 719 g/mol. The van der Waals surface area contributed by atoms with Crippen molar-refractivity contribution in [2.24, 2.45) is 28.6 Å². The molecule has 1 heterocycles. The Labute approximate surface area is 301 Å². The van der Waals surface area contributed by atoms with Gasteiger partial charge in [0, 0.05) is 41.8 Å². The van der Waals surface area contributed by atoms with E-state index in [0.717, 1.165) is 29.3 Å². The first-order valence-corrected chi connectivity index (χ1v) is 18.3. The number of aromatic amines is 1. The number of hydrogen-bond donors (Lipinski definition) is 6. The van der Waals surface area contributed by atoms with E-state index in [-0.39, 0.29) is 61.1 Å². The highest BCUT2D eigenvalue weighted by atomic mass is 16.5. The summed E-state index contributed by atoms with van der Waals surface area (Å²) in [6.45, 7) is 4.71. The lowest BCUT2D eigenvalue weighted by molar-refractivity contribution is -0.184. The fraction of sp³-hybridized carbons (Fsp3) is 0.590. The van der Waals surface area contributed by atoms with Crippen molar-refractivity contribution in [3.05, 3.63) is 47.7 Å². The van der Waals surface area contributed by atoms with Crippen LogP contribution in [-0.4, -0.2) is 86.0 Å². The molecule has 4 aliphatic rings. The smallest absolute Gasteiger partial charge is 0.326 e. The summed E-state index contributed by atoms with van der Waals surface area (Å²) < 4.78 is 5.22. The summed E-state index contributed by atoms with van der Waals surface area (Å²) in [5, 5.41) is 39.0. The van der Waals surface area contributed by atoms with E-state index < -0.39 is 65.3 Å². The van der Waals surface area contributed by atoms with Crippen molar-refractivity contribution >= 4 is 46.2 Å². The predicted molar refractivity (Wildman–Crippen MR) is 187 cm³/mol. The molecule has 1 aromatic carbocycles. The highest BCUT2D eigenvalue weighted by Gasteiger charge is 2.68. The first-order valence-electron chi connectivity index (χ1n) is 18.3. The maximum absolute atomic E-state index is 13.6. The quantitative estimate of drug-likeness (QED) is 0.177. The summed E-state index contributed by atoms with van der Waals surface area (Å²) in [5.74, 6) is -3.96. The van der Waals surface area contributed by atoms with Gasteiger partial charge in [-0.1, -0.05) is 37.6 Å². The summed E-state index contributed by atoms with van der Waals surface area (Å²) >= 11 is 0. The van der Waals surface area contributed by atoms with E-state index in [9.17, 15) is 44.1 Å². The van der Waals surface area contributed by atoms with Gasteiger partial charge in [0.2, 0.25) is 17.6 Å². The van der Waals surface area contributed by atoms with Gasteiger partial charge >= 0.3 is 11.9 Å². The lowest BCUT2D eigenvalue weighted by atomic mass is 9.45. The molecule has 0 spiro atoms. The van der Waals surface area contributed by atoms with Gasteiger partial charge in [-0.05, 0) is 86.3 Å². The Morgan fingerprint density at radius 2 is 1.79 bits per heavy atom. The van der Waals surface area contributed by atoms with Gasteiger partial charge in [-0.25, -0.2) is 4.79 Å². The minimum atomic E-state index is -1.80. The van der Waals surface area contributed by atoms with E-state index in [2.05, 4.69) is 22.5 Å². The molecule has 280 valence electrons. The Balaban J connectivity index is 0.978. The Kier molecular flexibility index (Phi) is 10.2. The number of hydrogen-bond acceptors (Lipinski definition) is 9. The van der Waals surface area contributed by atoms with Crippen molar-refractivity contribution < 1.29 is 48.8 Å². The highest BCUT2D eigenvalue weighted by molar-refractivity contribution is 5.93. The van der Waals surface area contributed by atoms with Gasteiger partial charge in [-0.2, -0.15) is 0 Å². The third-order valence-corrected chi connectivity index (χ3v) is 12.9. The Morgan fingerprint density at radius 3 is 2.54 bits per heavy atom. The summed E-state index contributed by atoms with van der Waals surface area (Å²) in [6, 6.07) is 5.04. The van der Waals surface area contributed by atoms with Gasteiger partial charge in [0.15, 0.2) is 12.4 Å². The number of allylic oxidation sites excluding steroid dienone is 1. The number of amides is 2. The van der Waals surface area contributed by atoms with Gasteiger partial charge in [0.25, 0.3) is 0 Å². The molecular formula is C39H49N3O10. The van der Waals surface area contributed by atoms with E-state index in [1.165, 1.54) is 6.92 Å². The number of aliphatic hydroxyl groups excluding tert-OH is 1. The van der Waals surface area contributed by atoms with Crippen LogP contribution in [0.1, 0.15) is 84.1 Å². The maximum Gasteiger partial charge on any atom is 0.326 e. The zero-order chi connectivity index (χ0) is 37.6. The van der Waals surface area contributed by atoms with E-state index in [0.29, 0.717) is 24.8 Å². The third-order valence-electron chi connectivity index (χ3n) is 12.9. The molecule has 52 heavy (non-hydrogen) atoms.